The van der Waals surface area contributed by atoms with Crippen LogP contribution >= 0.6 is 0 Å². The summed E-state index contributed by atoms with van der Waals surface area (Å²) >= 11 is 0. The van der Waals surface area contributed by atoms with E-state index in [4.69, 9.17) is 5.11 Å². The largest absolute Gasteiger partial charge is 0.394 e. The first kappa shape index (κ1) is 9.63. The zero-order valence-electron chi connectivity index (χ0n) is 7.40. The summed E-state index contributed by atoms with van der Waals surface area (Å²) in [6, 6.07) is 0. The number of aromatic amines is 1. The fourth-order valence-electron chi connectivity index (χ4n) is 1.17. The number of rotatable bonds is 4. The van der Waals surface area contributed by atoms with Crippen LogP contribution in [0.5, 0.6) is 0 Å². The van der Waals surface area contributed by atoms with E-state index in [9.17, 15) is 8.42 Å². The Morgan fingerprint density at radius 1 is 1.64 bits per heavy atom. The van der Waals surface area contributed by atoms with Crippen molar-refractivity contribution in [2.75, 3.05) is 6.61 Å². The van der Waals surface area contributed by atoms with E-state index in [0.717, 1.165) is 0 Å². The topological polar surface area (TPSA) is 95.1 Å². The van der Waals surface area contributed by atoms with Crippen LogP contribution in [0.2, 0.25) is 0 Å². The van der Waals surface area contributed by atoms with Crippen molar-refractivity contribution in [3.05, 3.63) is 12.5 Å². The lowest BCUT2D eigenvalue weighted by molar-refractivity contribution is 0.246. The standard InChI is InChI=1S/C7H11N3O3S/c11-4-7(1-2-7)10-14(12,13)6-3-8-5-9-6/h3,5,10-11H,1-2,4H2,(H,8,9). The summed E-state index contributed by atoms with van der Waals surface area (Å²) in [5, 5.41) is 8.99. The predicted octanol–water partition coefficient (Wildman–Crippen LogP) is -0.787. The smallest absolute Gasteiger partial charge is 0.258 e. The average molecular weight is 217 g/mol. The maximum absolute atomic E-state index is 11.6. The van der Waals surface area contributed by atoms with Crippen LogP contribution in [0.15, 0.2) is 17.6 Å². The van der Waals surface area contributed by atoms with E-state index in [1.54, 1.807) is 0 Å². The minimum atomic E-state index is -3.55. The molecule has 1 aliphatic rings. The van der Waals surface area contributed by atoms with Gasteiger partial charge >= 0.3 is 0 Å². The zero-order valence-corrected chi connectivity index (χ0v) is 8.21. The van der Waals surface area contributed by atoms with Crippen molar-refractivity contribution in [3.8, 4) is 0 Å². The number of hydrogen-bond acceptors (Lipinski definition) is 4. The Bertz CT molecular complexity index is 407. The van der Waals surface area contributed by atoms with E-state index < -0.39 is 15.6 Å². The third-order valence-electron chi connectivity index (χ3n) is 2.27. The van der Waals surface area contributed by atoms with Crippen molar-refractivity contribution in [1.82, 2.24) is 14.7 Å². The van der Waals surface area contributed by atoms with Gasteiger partial charge in [-0.05, 0) is 12.8 Å². The van der Waals surface area contributed by atoms with Crippen LogP contribution in [0.1, 0.15) is 12.8 Å². The van der Waals surface area contributed by atoms with Crippen LogP contribution in [0.4, 0.5) is 0 Å². The van der Waals surface area contributed by atoms with Gasteiger partial charge in [-0.3, -0.25) is 0 Å². The first-order chi connectivity index (χ1) is 6.58. The first-order valence-electron chi connectivity index (χ1n) is 4.21. The fraction of sp³-hybridized carbons (Fsp3) is 0.571. The summed E-state index contributed by atoms with van der Waals surface area (Å²) in [6.07, 6.45) is 3.89. The van der Waals surface area contributed by atoms with Crippen molar-refractivity contribution in [2.24, 2.45) is 0 Å². The second-order valence-electron chi connectivity index (χ2n) is 3.46. The number of aromatic nitrogens is 2. The van der Waals surface area contributed by atoms with Gasteiger partial charge in [0.15, 0.2) is 5.03 Å². The van der Waals surface area contributed by atoms with Crippen molar-refractivity contribution in [2.45, 2.75) is 23.4 Å². The lowest BCUT2D eigenvalue weighted by atomic mass is 10.3. The summed E-state index contributed by atoms with van der Waals surface area (Å²) in [5.41, 5.74) is -0.635. The molecule has 0 aromatic carbocycles. The Morgan fingerprint density at radius 2 is 2.36 bits per heavy atom. The maximum Gasteiger partial charge on any atom is 0.258 e. The molecule has 1 aromatic heterocycles. The Balaban J connectivity index is 2.19. The third kappa shape index (κ3) is 1.66. The Kier molecular flexibility index (Phi) is 2.09. The number of imidazole rings is 1. The van der Waals surface area contributed by atoms with E-state index in [1.165, 1.54) is 12.5 Å². The molecule has 0 amide bonds. The molecule has 0 atom stereocenters. The van der Waals surface area contributed by atoms with Crippen LogP contribution in [0.3, 0.4) is 0 Å². The molecule has 0 saturated heterocycles. The molecule has 1 saturated carbocycles. The molecule has 1 fully saturated rings. The Morgan fingerprint density at radius 3 is 2.79 bits per heavy atom. The first-order valence-corrected chi connectivity index (χ1v) is 5.70. The molecule has 14 heavy (non-hydrogen) atoms. The average Bonchev–Trinajstić information content (AvgIpc) is 2.70. The quantitative estimate of drug-likeness (QED) is 0.616. The number of nitrogens with one attached hydrogen (secondary N) is 2. The number of H-pyrrole nitrogens is 1. The summed E-state index contributed by atoms with van der Waals surface area (Å²) < 4.78 is 25.7. The highest BCUT2D eigenvalue weighted by atomic mass is 32.2. The lowest BCUT2D eigenvalue weighted by Crippen LogP contribution is -2.39. The molecule has 0 spiro atoms. The number of hydrogen-bond donors (Lipinski definition) is 3. The van der Waals surface area contributed by atoms with Gasteiger partial charge in [0.2, 0.25) is 0 Å². The normalized spacial score (nSPS) is 19.5. The maximum atomic E-state index is 11.6. The van der Waals surface area contributed by atoms with E-state index in [0.29, 0.717) is 12.8 Å². The van der Waals surface area contributed by atoms with Gasteiger partial charge in [-0.25, -0.2) is 18.1 Å². The zero-order chi connectivity index (χ0) is 10.2. The van der Waals surface area contributed by atoms with Crippen LogP contribution < -0.4 is 4.72 Å². The molecule has 2 rings (SSSR count). The monoisotopic (exact) mass is 217 g/mol. The minimum absolute atomic E-state index is 0.0252. The van der Waals surface area contributed by atoms with Crippen LogP contribution in [-0.4, -0.2) is 35.6 Å². The van der Waals surface area contributed by atoms with Gasteiger partial charge in [-0.1, -0.05) is 0 Å². The van der Waals surface area contributed by atoms with Crippen molar-refractivity contribution >= 4 is 10.0 Å². The Hall–Kier alpha value is -0.920. The molecule has 1 aromatic rings. The summed E-state index contributed by atoms with van der Waals surface area (Å²) in [7, 11) is -3.55. The molecule has 1 aliphatic carbocycles. The summed E-state index contributed by atoms with van der Waals surface area (Å²) in [4.78, 5) is 6.14. The molecular formula is C7H11N3O3S. The van der Waals surface area contributed by atoms with Crippen LogP contribution in [-0.2, 0) is 10.0 Å². The van der Waals surface area contributed by atoms with Crippen molar-refractivity contribution in [3.63, 3.8) is 0 Å². The number of nitrogens with zero attached hydrogens (tertiary/aromatic N) is 1. The van der Waals surface area contributed by atoms with Gasteiger partial charge in [0.05, 0.1) is 24.7 Å². The summed E-state index contributed by atoms with van der Waals surface area (Å²) in [5.74, 6) is 0. The molecule has 7 heteroatoms. The fourth-order valence-corrected chi connectivity index (χ4v) is 2.53. The minimum Gasteiger partial charge on any atom is -0.394 e. The van der Waals surface area contributed by atoms with E-state index in [-0.39, 0.29) is 11.6 Å². The van der Waals surface area contributed by atoms with Crippen LogP contribution in [0.25, 0.3) is 0 Å². The van der Waals surface area contributed by atoms with Gasteiger partial charge in [-0.2, -0.15) is 0 Å². The molecule has 0 bridgehead atoms. The highest BCUT2D eigenvalue weighted by molar-refractivity contribution is 7.89. The highest BCUT2D eigenvalue weighted by Gasteiger charge is 2.45. The number of aliphatic hydroxyl groups excluding tert-OH is 1. The van der Waals surface area contributed by atoms with E-state index in [2.05, 4.69) is 14.7 Å². The van der Waals surface area contributed by atoms with E-state index in [1.807, 2.05) is 0 Å². The van der Waals surface area contributed by atoms with Crippen LogP contribution in [0, 0.1) is 0 Å². The molecule has 0 unspecified atom stereocenters. The van der Waals surface area contributed by atoms with E-state index >= 15 is 0 Å². The third-order valence-corrected chi connectivity index (χ3v) is 3.77. The van der Waals surface area contributed by atoms with Crippen molar-refractivity contribution in [1.29, 1.82) is 0 Å². The summed E-state index contributed by atoms with van der Waals surface area (Å²) in [6.45, 7) is -0.166. The molecule has 6 nitrogen and oxygen atoms in total. The van der Waals surface area contributed by atoms with Gasteiger partial charge in [0, 0.05) is 0 Å². The predicted molar refractivity (Wildman–Crippen MR) is 48.0 cm³/mol. The van der Waals surface area contributed by atoms with Gasteiger partial charge in [-0.15, -0.1) is 0 Å². The highest BCUT2D eigenvalue weighted by Crippen LogP contribution is 2.35. The molecule has 1 heterocycles. The van der Waals surface area contributed by atoms with Crippen molar-refractivity contribution < 1.29 is 13.5 Å². The second kappa shape index (κ2) is 3.04. The molecule has 0 aliphatic heterocycles. The molecule has 0 radical (unpaired) electrons. The SMILES string of the molecule is O=S(=O)(NC1(CO)CC1)c1cnc[nH]1. The Labute approximate surface area is 81.4 Å². The molecular weight excluding hydrogens is 206 g/mol. The lowest BCUT2D eigenvalue weighted by Gasteiger charge is -2.12. The van der Waals surface area contributed by atoms with Gasteiger partial charge < -0.3 is 10.1 Å². The number of aliphatic hydroxyl groups is 1. The van der Waals surface area contributed by atoms with Gasteiger partial charge in [0.25, 0.3) is 10.0 Å². The molecule has 78 valence electrons. The second-order valence-corrected chi connectivity index (χ2v) is 5.11. The van der Waals surface area contributed by atoms with Gasteiger partial charge in [0.1, 0.15) is 0 Å². The number of sulfonamides is 1. The molecule has 3 N–H and O–H groups in total.